The smallest absolute Gasteiger partial charge is 0.242 e. The lowest BCUT2D eigenvalue weighted by Crippen LogP contribution is -2.22. The van der Waals surface area contributed by atoms with E-state index < -0.39 is 10.0 Å². The number of nitrogens with zero attached hydrogens (tertiary/aromatic N) is 2. The Hall–Kier alpha value is -2.18. The first-order chi connectivity index (χ1) is 10.4. The predicted octanol–water partition coefficient (Wildman–Crippen LogP) is 2.79. The van der Waals surface area contributed by atoms with E-state index in [1.165, 1.54) is 18.4 Å². The lowest BCUT2D eigenvalue weighted by molar-refractivity contribution is 0.521. The number of pyridine rings is 1. The van der Waals surface area contributed by atoms with Gasteiger partial charge in [-0.3, -0.25) is 0 Å². The molecule has 0 saturated carbocycles. The van der Waals surface area contributed by atoms with Crippen molar-refractivity contribution >= 4 is 21.1 Å². The van der Waals surface area contributed by atoms with Gasteiger partial charge in [-0.15, -0.1) is 0 Å². The standard InChI is InChI=1S/C16H17N3O2S/c1-11-7-13-8-14(10-17-16(13)18-11)12-5-4-6-15(9-12)22(20,21)19(2)3/h4-10H,1-3H3,(H,17,18). The van der Waals surface area contributed by atoms with E-state index in [2.05, 4.69) is 9.97 Å². The van der Waals surface area contributed by atoms with E-state index >= 15 is 0 Å². The molecule has 0 amide bonds. The summed E-state index contributed by atoms with van der Waals surface area (Å²) in [6.07, 6.45) is 1.75. The van der Waals surface area contributed by atoms with Gasteiger partial charge in [0.25, 0.3) is 0 Å². The summed E-state index contributed by atoms with van der Waals surface area (Å²) in [5.74, 6) is 0. The molecule has 0 aliphatic heterocycles. The molecule has 0 aliphatic carbocycles. The van der Waals surface area contributed by atoms with Gasteiger partial charge in [-0.1, -0.05) is 12.1 Å². The summed E-state index contributed by atoms with van der Waals surface area (Å²) >= 11 is 0. The summed E-state index contributed by atoms with van der Waals surface area (Å²) in [4.78, 5) is 7.84. The second kappa shape index (κ2) is 5.23. The number of aromatic nitrogens is 2. The Morgan fingerprint density at radius 1 is 1.09 bits per heavy atom. The summed E-state index contributed by atoms with van der Waals surface area (Å²) in [6, 6.07) is 10.9. The summed E-state index contributed by atoms with van der Waals surface area (Å²) in [5.41, 5.74) is 3.60. The molecule has 2 aromatic heterocycles. The number of aryl methyl sites for hydroxylation is 1. The molecule has 5 nitrogen and oxygen atoms in total. The molecule has 6 heteroatoms. The summed E-state index contributed by atoms with van der Waals surface area (Å²) in [7, 11) is -0.387. The first-order valence-corrected chi connectivity index (χ1v) is 8.30. The second-order valence-electron chi connectivity index (χ2n) is 5.43. The van der Waals surface area contributed by atoms with Gasteiger partial charge in [0.1, 0.15) is 5.65 Å². The van der Waals surface area contributed by atoms with Gasteiger partial charge in [0.2, 0.25) is 10.0 Å². The molecule has 0 spiro atoms. The fourth-order valence-corrected chi connectivity index (χ4v) is 3.31. The third kappa shape index (κ3) is 2.51. The van der Waals surface area contributed by atoms with E-state index in [0.717, 1.165) is 27.9 Å². The van der Waals surface area contributed by atoms with Crippen molar-refractivity contribution in [3.8, 4) is 11.1 Å². The van der Waals surface area contributed by atoms with Gasteiger partial charge in [-0.2, -0.15) is 0 Å². The summed E-state index contributed by atoms with van der Waals surface area (Å²) in [5, 5.41) is 1.01. The van der Waals surface area contributed by atoms with Crippen LogP contribution in [-0.2, 0) is 10.0 Å². The number of aromatic amines is 1. The SMILES string of the molecule is Cc1cc2cc(-c3cccc(S(=O)(=O)N(C)C)c3)cnc2[nH]1. The second-order valence-corrected chi connectivity index (χ2v) is 7.58. The molecule has 0 unspecified atom stereocenters. The summed E-state index contributed by atoms with van der Waals surface area (Å²) in [6.45, 7) is 1.98. The maximum absolute atomic E-state index is 12.2. The van der Waals surface area contributed by atoms with Gasteiger partial charge in [-0.25, -0.2) is 17.7 Å². The number of hydrogen-bond acceptors (Lipinski definition) is 3. The molecule has 0 aliphatic rings. The van der Waals surface area contributed by atoms with Crippen LogP contribution in [0.5, 0.6) is 0 Å². The van der Waals surface area contributed by atoms with Crippen LogP contribution in [0, 0.1) is 6.92 Å². The lowest BCUT2D eigenvalue weighted by Gasteiger charge is -2.12. The van der Waals surface area contributed by atoms with E-state index in [-0.39, 0.29) is 4.90 Å². The minimum atomic E-state index is -3.44. The predicted molar refractivity (Wildman–Crippen MR) is 87.1 cm³/mol. The minimum absolute atomic E-state index is 0.278. The van der Waals surface area contributed by atoms with Crippen LogP contribution in [0.15, 0.2) is 47.5 Å². The highest BCUT2D eigenvalue weighted by Gasteiger charge is 2.17. The average molecular weight is 315 g/mol. The number of fused-ring (bicyclic) bond motifs is 1. The van der Waals surface area contributed by atoms with E-state index in [0.29, 0.717) is 0 Å². The Bertz CT molecular complexity index is 943. The molecule has 114 valence electrons. The highest BCUT2D eigenvalue weighted by molar-refractivity contribution is 7.89. The fraction of sp³-hybridized carbons (Fsp3) is 0.188. The molecule has 0 radical (unpaired) electrons. The van der Waals surface area contributed by atoms with Crippen LogP contribution in [0.2, 0.25) is 0 Å². The van der Waals surface area contributed by atoms with Crippen LogP contribution in [0.25, 0.3) is 22.2 Å². The van der Waals surface area contributed by atoms with Crippen molar-refractivity contribution in [2.45, 2.75) is 11.8 Å². The van der Waals surface area contributed by atoms with E-state index in [1.54, 1.807) is 24.4 Å². The third-order valence-electron chi connectivity index (χ3n) is 3.55. The van der Waals surface area contributed by atoms with Crippen molar-refractivity contribution in [2.75, 3.05) is 14.1 Å². The molecule has 2 heterocycles. The zero-order valence-corrected chi connectivity index (χ0v) is 13.5. The molecule has 1 aromatic carbocycles. The maximum atomic E-state index is 12.2. The number of H-pyrrole nitrogens is 1. The average Bonchev–Trinajstić information content (AvgIpc) is 2.86. The largest absolute Gasteiger partial charge is 0.344 e. The van der Waals surface area contributed by atoms with Crippen LogP contribution in [0.4, 0.5) is 0 Å². The molecule has 3 rings (SSSR count). The van der Waals surface area contributed by atoms with Crippen molar-refractivity contribution in [3.05, 3.63) is 48.3 Å². The lowest BCUT2D eigenvalue weighted by atomic mass is 10.1. The number of rotatable bonds is 3. The molecule has 0 fully saturated rings. The molecule has 0 bridgehead atoms. The van der Waals surface area contributed by atoms with E-state index in [1.807, 2.05) is 25.1 Å². The first-order valence-electron chi connectivity index (χ1n) is 6.86. The van der Waals surface area contributed by atoms with Gasteiger partial charge in [-0.05, 0) is 36.8 Å². The molecule has 0 saturated heterocycles. The Labute approximate surface area is 129 Å². The quantitative estimate of drug-likeness (QED) is 0.808. The number of nitrogens with one attached hydrogen (secondary N) is 1. The van der Waals surface area contributed by atoms with Crippen molar-refractivity contribution in [3.63, 3.8) is 0 Å². The van der Waals surface area contributed by atoms with Gasteiger partial charge in [0.05, 0.1) is 4.90 Å². The maximum Gasteiger partial charge on any atom is 0.242 e. The highest BCUT2D eigenvalue weighted by Crippen LogP contribution is 2.26. The van der Waals surface area contributed by atoms with Crippen LogP contribution in [-0.4, -0.2) is 36.8 Å². The number of sulfonamides is 1. The van der Waals surface area contributed by atoms with Gasteiger partial charge in [0.15, 0.2) is 0 Å². The minimum Gasteiger partial charge on any atom is -0.344 e. The normalized spacial score (nSPS) is 12.2. The monoisotopic (exact) mass is 315 g/mol. The highest BCUT2D eigenvalue weighted by atomic mass is 32.2. The van der Waals surface area contributed by atoms with Crippen molar-refractivity contribution in [1.82, 2.24) is 14.3 Å². The van der Waals surface area contributed by atoms with Gasteiger partial charge in [0, 0.05) is 36.9 Å². The van der Waals surface area contributed by atoms with Crippen LogP contribution < -0.4 is 0 Å². The fourth-order valence-electron chi connectivity index (χ4n) is 2.36. The van der Waals surface area contributed by atoms with Crippen LogP contribution >= 0.6 is 0 Å². The molecular formula is C16H17N3O2S. The molecule has 22 heavy (non-hydrogen) atoms. The van der Waals surface area contributed by atoms with Crippen molar-refractivity contribution < 1.29 is 8.42 Å². The topological polar surface area (TPSA) is 66.1 Å². The number of hydrogen-bond donors (Lipinski definition) is 1. The van der Waals surface area contributed by atoms with E-state index in [4.69, 9.17) is 0 Å². The zero-order chi connectivity index (χ0) is 15.9. The third-order valence-corrected chi connectivity index (χ3v) is 5.36. The van der Waals surface area contributed by atoms with Crippen molar-refractivity contribution in [2.24, 2.45) is 0 Å². The Kier molecular flexibility index (Phi) is 3.50. The molecule has 0 atom stereocenters. The van der Waals surface area contributed by atoms with Crippen LogP contribution in [0.1, 0.15) is 5.69 Å². The Balaban J connectivity index is 2.11. The van der Waals surface area contributed by atoms with Gasteiger partial charge < -0.3 is 4.98 Å². The Morgan fingerprint density at radius 2 is 1.86 bits per heavy atom. The Morgan fingerprint density at radius 3 is 2.59 bits per heavy atom. The molecular weight excluding hydrogens is 298 g/mol. The molecule has 3 aromatic rings. The number of benzene rings is 1. The molecule has 1 N–H and O–H groups in total. The van der Waals surface area contributed by atoms with Gasteiger partial charge >= 0.3 is 0 Å². The first kappa shape index (κ1) is 14.7. The van der Waals surface area contributed by atoms with Crippen molar-refractivity contribution in [1.29, 1.82) is 0 Å². The van der Waals surface area contributed by atoms with Crippen LogP contribution in [0.3, 0.4) is 0 Å². The summed E-state index contributed by atoms with van der Waals surface area (Å²) < 4.78 is 25.7. The van der Waals surface area contributed by atoms with E-state index in [9.17, 15) is 8.42 Å². The zero-order valence-electron chi connectivity index (χ0n) is 12.7.